The lowest BCUT2D eigenvalue weighted by molar-refractivity contribution is -0.384. The molecule has 9 heteroatoms. The molecule has 1 heterocycles. The van der Waals surface area contributed by atoms with E-state index in [4.69, 9.17) is 11.6 Å². The average molecular weight is 450 g/mol. The van der Waals surface area contributed by atoms with Crippen molar-refractivity contribution in [3.63, 3.8) is 0 Å². The average Bonchev–Trinajstić information content (AvgIpc) is 3.03. The molecule has 32 heavy (non-hydrogen) atoms. The van der Waals surface area contributed by atoms with Gasteiger partial charge in [0.1, 0.15) is 6.54 Å². The molecule has 3 amide bonds. The lowest BCUT2D eigenvalue weighted by Crippen LogP contribution is -2.41. The lowest BCUT2D eigenvalue weighted by atomic mass is 9.98. The van der Waals surface area contributed by atoms with Crippen LogP contribution in [0.15, 0.2) is 72.8 Å². The van der Waals surface area contributed by atoms with E-state index in [0.29, 0.717) is 5.02 Å². The van der Waals surface area contributed by atoms with Crippen LogP contribution >= 0.6 is 11.6 Å². The van der Waals surface area contributed by atoms with E-state index in [2.05, 4.69) is 5.32 Å². The number of nitrogens with one attached hydrogen (secondary N) is 1. The Morgan fingerprint density at radius 3 is 2.22 bits per heavy atom. The normalized spacial score (nSPS) is 13.6. The molecule has 1 aliphatic rings. The number of rotatable bonds is 6. The van der Waals surface area contributed by atoms with Gasteiger partial charge in [0.2, 0.25) is 5.91 Å². The molecule has 4 rings (SSSR count). The zero-order valence-corrected chi connectivity index (χ0v) is 17.3. The summed E-state index contributed by atoms with van der Waals surface area (Å²) in [6, 6.07) is 19.1. The number of non-ortho nitro benzene ring substituents is 1. The molecule has 0 aliphatic carbocycles. The van der Waals surface area contributed by atoms with E-state index in [0.717, 1.165) is 28.2 Å². The fraction of sp³-hybridized carbons (Fsp3) is 0.0870. The molecule has 1 aliphatic heterocycles. The first kappa shape index (κ1) is 21.2. The van der Waals surface area contributed by atoms with Crippen molar-refractivity contribution < 1.29 is 19.3 Å². The van der Waals surface area contributed by atoms with Crippen molar-refractivity contribution in [2.24, 2.45) is 0 Å². The van der Waals surface area contributed by atoms with Gasteiger partial charge in [-0.1, -0.05) is 54.1 Å². The highest BCUT2D eigenvalue weighted by Crippen LogP contribution is 2.27. The van der Waals surface area contributed by atoms with Gasteiger partial charge in [-0.15, -0.1) is 0 Å². The highest BCUT2D eigenvalue weighted by Gasteiger charge is 2.38. The van der Waals surface area contributed by atoms with Crippen LogP contribution in [0.1, 0.15) is 37.9 Å². The minimum atomic E-state index is -0.744. The number of hydrogen-bond acceptors (Lipinski definition) is 5. The number of carbonyl (C=O) groups excluding carboxylic acids is 3. The van der Waals surface area contributed by atoms with Crippen LogP contribution in [-0.2, 0) is 4.79 Å². The van der Waals surface area contributed by atoms with Crippen molar-refractivity contribution in [1.82, 2.24) is 10.2 Å². The van der Waals surface area contributed by atoms with E-state index < -0.39 is 35.2 Å². The Labute approximate surface area is 187 Å². The van der Waals surface area contributed by atoms with E-state index >= 15 is 0 Å². The van der Waals surface area contributed by atoms with Crippen molar-refractivity contribution in [2.45, 2.75) is 6.04 Å². The Kier molecular flexibility index (Phi) is 5.70. The zero-order valence-electron chi connectivity index (χ0n) is 16.5. The largest absolute Gasteiger partial charge is 0.344 e. The van der Waals surface area contributed by atoms with Gasteiger partial charge in [0, 0.05) is 17.2 Å². The Morgan fingerprint density at radius 2 is 1.56 bits per heavy atom. The number of halogens is 1. The molecule has 3 aromatic rings. The van der Waals surface area contributed by atoms with E-state index in [-0.39, 0.29) is 16.8 Å². The first-order valence-corrected chi connectivity index (χ1v) is 9.97. The van der Waals surface area contributed by atoms with Crippen molar-refractivity contribution in [3.05, 3.63) is 110 Å². The van der Waals surface area contributed by atoms with Crippen LogP contribution in [0.2, 0.25) is 5.02 Å². The summed E-state index contributed by atoms with van der Waals surface area (Å²) >= 11 is 5.98. The summed E-state index contributed by atoms with van der Waals surface area (Å²) in [5.41, 5.74) is 1.22. The van der Waals surface area contributed by atoms with Gasteiger partial charge in [0.25, 0.3) is 17.5 Å². The summed E-state index contributed by atoms with van der Waals surface area (Å²) in [7, 11) is 0. The Bertz CT molecular complexity index is 1230. The first-order chi connectivity index (χ1) is 15.3. The van der Waals surface area contributed by atoms with E-state index in [1.807, 2.05) is 30.3 Å². The maximum atomic E-state index is 12.8. The van der Waals surface area contributed by atoms with Gasteiger partial charge < -0.3 is 5.32 Å². The van der Waals surface area contributed by atoms with Crippen molar-refractivity contribution in [2.75, 3.05) is 6.54 Å². The minimum Gasteiger partial charge on any atom is -0.344 e. The third-order valence-corrected chi connectivity index (χ3v) is 5.36. The number of hydrogen-bond donors (Lipinski definition) is 1. The molecule has 1 atom stereocenters. The molecule has 1 N–H and O–H groups in total. The molecule has 160 valence electrons. The predicted octanol–water partition coefficient (Wildman–Crippen LogP) is 3.75. The quantitative estimate of drug-likeness (QED) is 0.350. The van der Waals surface area contributed by atoms with Gasteiger partial charge in [-0.2, -0.15) is 0 Å². The summed E-state index contributed by atoms with van der Waals surface area (Å²) < 4.78 is 0. The summed E-state index contributed by atoms with van der Waals surface area (Å²) in [6.45, 7) is -0.517. The number of nitro benzene ring substituents is 1. The topological polar surface area (TPSA) is 110 Å². The predicted molar refractivity (Wildman–Crippen MR) is 116 cm³/mol. The van der Waals surface area contributed by atoms with Crippen LogP contribution in [0, 0.1) is 10.1 Å². The van der Waals surface area contributed by atoms with E-state index in [1.165, 1.54) is 6.07 Å². The summed E-state index contributed by atoms with van der Waals surface area (Å²) in [4.78, 5) is 49.3. The van der Waals surface area contributed by atoms with Gasteiger partial charge in [0.15, 0.2) is 0 Å². The number of carbonyl (C=O) groups is 3. The van der Waals surface area contributed by atoms with Crippen molar-refractivity contribution >= 4 is 35.0 Å². The molecule has 0 bridgehead atoms. The summed E-state index contributed by atoms with van der Waals surface area (Å²) in [5.74, 6) is -1.97. The minimum absolute atomic E-state index is 0.0331. The van der Waals surface area contributed by atoms with Crippen LogP contribution in [0.5, 0.6) is 0 Å². The van der Waals surface area contributed by atoms with Gasteiger partial charge in [0.05, 0.1) is 22.1 Å². The zero-order chi connectivity index (χ0) is 22.8. The molecule has 3 aromatic carbocycles. The van der Waals surface area contributed by atoms with Crippen LogP contribution in [-0.4, -0.2) is 34.1 Å². The third-order valence-electron chi connectivity index (χ3n) is 5.11. The third kappa shape index (κ3) is 4.08. The summed E-state index contributed by atoms with van der Waals surface area (Å²) in [6.07, 6.45) is 0. The fourth-order valence-electron chi connectivity index (χ4n) is 3.55. The second-order valence-electron chi connectivity index (χ2n) is 7.15. The van der Waals surface area contributed by atoms with Crippen LogP contribution in [0.3, 0.4) is 0 Å². The highest BCUT2D eigenvalue weighted by molar-refractivity contribution is 6.30. The number of fused-ring (bicyclic) bond motifs is 1. The van der Waals surface area contributed by atoms with Crippen LogP contribution in [0.25, 0.3) is 0 Å². The smallest absolute Gasteiger partial charge is 0.270 e. The number of nitrogens with zero attached hydrogens (tertiary/aromatic N) is 2. The molecule has 0 saturated carbocycles. The first-order valence-electron chi connectivity index (χ1n) is 9.59. The second-order valence-corrected chi connectivity index (χ2v) is 7.58. The molecule has 0 radical (unpaired) electrons. The maximum Gasteiger partial charge on any atom is 0.270 e. The van der Waals surface area contributed by atoms with Gasteiger partial charge in [-0.05, 0) is 29.3 Å². The summed E-state index contributed by atoms with van der Waals surface area (Å²) in [5, 5.41) is 14.4. The molecule has 0 saturated heterocycles. The molecule has 0 fully saturated rings. The van der Waals surface area contributed by atoms with E-state index in [1.54, 1.807) is 24.3 Å². The number of benzene rings is 3. The SMILES string of the molecule is O=C(CN1C(=O)c2ccc([N+](=O)[O-])cc2C1=O)NC(c1ccccc1)c1ccc(Cl)cc1. The van der Waals surface area contributed by atoms with Crippen LogP contribution in [0.4, 0.5) is 5.69 Å². The van der Waals surface area contributed by atoms with Crippen molar-refractivity contribution in [1.29, 1.82) is 0 Å². The standard InChI is InChI=1S/C23H16ClN3O5/c24-16-8-6-15(7-9-16)21(14-4-2-1-3-5-14)25-20(28)13-26-22(29)18-11-10-17(27(31)32)12-19(18)23(26)30/h1-12,21H,13H2,(H,25,28). The monoisotopic (exact) mass is 449 g/mol. The molecule has 1 unspecified atom stereocenters. The Hall–Kier alpha value is -4.04. The van der Waals surface area contributed by atoms with Gasteiger partial charge >= 0.3 is 0 Å². The Morgan fingerprint density at radius 1 is 0.938 bits per heavy atom. The Balaban J connectivity index is 1.56. The maximum absolute atomic E-state index is 12.8. The molecule has 0 spiro atoms. The lowest BCUT2D eigenvalue weighted by Gasteiger charge is -2.21. The number of nitro groups is 1. The molecular formula is C23H16ClN3O5. The molecular weight excluding hydrogens is 434 g/mol. The fourth-order valence-corrected chi connectivity index (χ4v) is 3.67. The van der Waals surface area contributed by atoms with Crippen LogP contribution < -0.4 is 5.32 Å². The van der Waals surface area contributed by atoms with E-state index in [9.17, 15) is 24.5 Å². The number of amides is 3. The molecule has 0 aromatic heterocycles. The highest BCUT2D eigenvalue weighted by atomic mass is 35.5. The van der Waals surface area contributed by atoms with Gasteiger partial charge in [-0.3, -0.25) is 29.4 Å². The van der Waals surface area contributed by atoms with Gasteiger partial charge in [-0.25, -0.2) is 0 Å². The molecule has 8 nitrogen and oxygen atoms in total. The second kappa shape index (κ2) is 8.60. The van der Waals surface area contributed by atoms with Crippen molar-refractivity contribution in [3.8, 4) is 0 Å². The number of imide groups is 1.